The second-order valence-electron chi connectivity index (χ2n) is 6.70. The average molecular weight is 437 g/mol. The summed E-state index contributed by atoms with van der Waals surface area (Å²) in [4.78, 5) is 15.8. The van der Waals surface area contributed by atoms with Gasteiger partial charge < -0.3 is 24.6 Å². The zero-order valence-electron chi connectivity index (χ0n) is 15.2. The summed E-state index contributed by atoms with van der Waals surface area (Å²) in [5.41, 5.74) is -1.25. The number of hydrogen-bond donors (Lipinski definition) is 2. The van der Waals surface area contributed by atoms with Gasteiger partial charge in [0.1, 0.15) is 35.5 Å². The number of hydrogen-bond acceptors (Lipinski definition) is 9. The van der Waals surface area contributed by atoms with Gasteiger partial charge in [-0.25, -0.2) is 0 Å². The van der Waals surface area contributed by atoms with Crippen LogP contribution in [0.1, 0.15) is 0 Å². The number of ether oxygens (including phenoxy) is 2. The Hall–Kier alpha value is -2.09. The van der Waals surface area contributed by atoms with E-state index in [0.29, 0.717) is 5.17 Å². The molecule has 0 amide bonds. The lowest BCUT2D eigenvalue weighted by Gasteiger charge is -2.41. The summed E-state index contributed by atoms with van der Waals surface area (Å²) in [5, 5.41) is 31.8. The molecule has 1 aromatic rings. The first-order chi connectivity index (χ1) is 13.5. The maximum absolute atomic E-state index is 13.7. The van der Waals surface area contributed by atoms with Crippen LogP contribution in [0.2, 0.25) is 0 Å². The van der Waals surface area contributed by atoms with Gasteiger partial charge in [-0.1, -0.05) is 11.8 Å². The van der Waals surface area contributed by atoms with Crippen molar-refractivity contribution in [3.05, 3.63) is 34.4 Å². The molecular weight excluding hydrogens is 419 g/mol. The minimum absolute atomic E-state index is 0.297. The number of fused-ring (bicyclic) bond motifs is 1. The van der Waals surface area contributed by atoms with E-state index in [2.05, 4.69) is 4.99 Å². The minimum atomic E-state index is -4.95. The molecule has 1 aromatic carbocycles. The van der Waals surface area contributed by atoms with Crippen LogP contribution in [0.5, 0.6) is 5.75 Å². The fraction of sp³-hybridized carbons (Fsp3) is 0.562. The molecule has 9 nitrogen and oxygen atoms in total. The van der Waals surface area contributed by atoms with Crippen LogP contribution in [0.3, 0.4) is 0 Å². The highest BCUT2D eigenvalue weighted by molar-refractivity contribution is 8.14. The third-order valence-corrected chi connectivity index (χ3v) is 5.71. The lowest BCUT2D eigenvalue weighted by molar-refractivity contribution is -0.384. The molecule has 0 aliphatic carbocycles. The zero-order chi connectivity index (χ0) is 21.5. The topological polar surface area (TPSA) is 118 Å². The van der Waals surface area contributed by atoms with Gasteiger partial charge in [-0.2, -0.15) is 13.2 Å². The van der Waals surface area contributed by atoms with E-state index in [-0.39, 0.29) is 11.4 Å². The van der Waals surface area contributed by atoms with E-state index >= 15 is 0 Å². The fourth-order valence-corrected chi connectivity index (χ4v) is 4.10. The van der Waals surface area contributed by atoms with E-state index in [1.165, 1.54) is 0 Å². The Balaban J connectivity index is 1.83. The van der Waals surface area contributed by atoms with Gasteiger partial charge in [0, 0.05) is 26.2 Å². The molecular formula is C16H18F3N3O6S. The number of rotatable bonds is 4. The molecule has 1 unspecified atom stereocenters. The van der Waals surface area contributed by atoms with E-state index in [1.54, 1.807) is 19.0 Å². The molecule has 2 aliphatic heterocycles. The minimum Gasteiger partial charge on any atom is -0.478 e. The number of nitrogens with zero attached hydrogens (tertiary/aromatic N) is 3. The molecule has 2 N–H and O–H groups in total. The van der Waals surface area contributed by atoms with Crippen LogP contribution in [0.4, 0.5) is 18.9 Å². The van der Waals surface area contributed by atoms with Crippen molar-refractivity contribution in [1.29, 1.82) is 0 Å². The maximum Gasteiger partial charge on any atom is 0.428 e. The number of benzene rings is 1. The Kier molecular flexibility index (Phi) is 5.94. The number of aliphatic hydroxyl groups excluding tert-OH is 2. The van der Waals surface area contributed by atoms with Gasteiger partial charge in [0.2, 0.25) is 6.10 Å². The first kappa shape index (κ1) is 21.6. The molecule has 0 radical (unpaired) electrons. The third-order valence-electron chi connectivity index (χ3n) is 4.40. The van der Waals surface area contributed by atoms with Crippen molar-refractivity contribution in [2.75, 3.05) is 14.1 Å². The monoisotopic (exact) mass is 437 g/mol. The summed E-state index contributed by atoms with van der Waals surface area (Å²) in [5.74, 6) is -0.297. The van der Waals surface area contributed by atoms with Gasteiger partial charge in [0.15, 0.2) is 5.17 Å². The van der Waals surface area contributed by atoms with Crippen molar-refractivity contribution in [1.82, 2.24) is 4.90 Å². The fourth-order valence-electron chi connectivity index (χ4n) is 2.95. The molecule has 0 aromatic heterocycles. The molecule has 0 saturated carbocycles. The second kappa shape index (κ2) is 7.97. The molecule has 3 rings (SSSR count). The number of aliphatic hydroxyl groups is 2. The van der Waals surface area contributed by atoms with Crippen LogP contribution in [0, 0.1) is 10.1 Å². The quantitative estimate of drug-likeness (QED) is 0.536. The summed E-state index contributed by atoms with van der Waals surface area (Å²) in [6.07, 6.45) is -13.0. The molecule has 2 aliphatic rings. The van der Waals surface area contributed by atoms with Gasteiger partial charge in [-0.3, -0.25) is 15.1 Å². The Morgan fingerprint density at radius 2 is 1.90 bits per heavy atom. The van der Waals surface area contributed by atoms with Crippen LogP contribution >= 0.6 is 11.8 Å². The van der Waals surface area contributed by atoms with E-state index in [9.17, 15) is 33.5 Å². The highest BCUT2D eigenvalue weighted by atomic mass is 32.2. The molecule has 1 saturated heterocycles. The average Bonchev–Trinajstić information content (AvgIpc) is 3.07. The highest BCUT2D eigenvalue weighted by Crippen LogP contribution is 2.41. The Bertz CT molecular complexity index is 791. The smallest absolute Gasteiger partial charge is 0.428 e. The van der Waals surface area contributed by atoms with Crippen molar-refractivity contribution in [2.45, 2.75) is 42.1 Å². The van der Waals surface area contributed by atoms with Gasteiger partial charge in [0.05, 0.1) is 4.92 Å². The predicted molar refractivity (Wildman–Crippen MR) is 96.7 cm³/mol. The summed E-state index contributed by atoms with van der Waals surface area (Å²) in [6.45, 7) is 0. The van der Waals surface area contributed by atoms with E-state index in [0.717, 1.165) is 36.0 Å². The Labute approximate surface area is 167 Å². The number of amidine groups is 1. The molecule has 160 valence electrons. The number of nitro groups is 1. The van der Waals surface area contributed by atoms with Crippen LogP contribution < -0.4 is 4.74 Å². The van der Waals surface area contributed by atoms with Gasteiger partial charge in [0.25, 0.3) is 5.69 Å². The van der Waals surface area contributed by atoms with Crippen LogP contribution in [-0.2, 0) is 4.74 Å². The molecule has 13 heteroatoms. The van der Waals surface area contributed by atoms with Crippen LogP contribution in [-0.4, -0.2) is 81.4 Å². The van der Waals surface area contributed by atoms with E-state index in [1.807, 2.05) is 0 Å². The van der Waals surface area contributed by atoms with Crippen LogP contribution in [0.15, 0.2) is 29.3 Å². The molecule has 6 atom stereocenters. The molecule has 0 spiro atoms. The van der Waals surface area contributed by atoms with Crippen molar-refractivity contribution in [3.63, 3.8) is 0 Å². The summed E-state index contributed by atoms with van der Waals surface area (Å²) in [7, 11) is 3.36. The summed E-state index contributed by atoms with van der Waals surface area (Å²) >= 11 is 1.04. The maximum atomic E-state index is 13.7. The largest absolute Gasteiger partial charge is 0.478 e. The van der Waals surface area contributed by atoms with Crippen molar-refractivity contribution in [2.24, 2.45) is 4.99 Å². The summed E-state index contributed by atoms with van der Waals surface area (Å²) in [6, 6.07) is 3.11. The number of alkyl halides is 3. The molecule has 1 fully saturated rings. The van der Waals surface area contributed by atoms with Gasteiger partial charge in [-0.05, 0) is 12.1 Å². The highest BCUT2D eigenvalue weighted by Gasteiger charge is 2.58. The number of thioether (sulfide) groups is 1. The number of non-ortho nitro benzene ring substituents is 1. The first-order valence-corrected chi connectivity index (χ1v) is 9.28. The zero-order valence-corrected chi connectivity index (χ0v) is 16.0. The van der Waals surface area contributed by atoms with Gasteiger partial charge >= 0.3 is 6.18 Å². The van der Waals surface area contributed by atoms with E-state index < -0.39 is 47.0 Å². The SMILES string of the molecule is CN(C)C1=N[C@@H]2[C@@H](O)[C@H](O)C([C@H](Oc3ccc([N+](=O)[O-])cc3)C(F)(F)F)O[C@@H]2S1. The molecule has 0 bridgehead atoms. The van der Waals surface area contributed by atoms with Crippen molar-refractivity contribution >= 4 is 22.6 Å². The second-order valence-corrected chi connectivity index (χ2v) is 7.76. The normalized spacial score (nSPS) is 30.3. The molecule has 29 heavy (non-hydrogen) atoms. The number of nitro benzene ring substituents is 1. The lowest BCUT2D eigenvalue weighted by atomic mass is 9.94. The summed E-state index contributed by atoms with van der Waals surface area (Å²) < 4.78 is 51.5. The lowest BCUT2D eigenvalue weighted by Crippen LogP contribution is -2.62. The van der Waals surface area contributed by atoms with Crippen molar-refractivity contribution < 1.29 is 37.8 Å². The molecule has 2 heterocycles. The van der Waals surface area contributed by atoms with Crippen molar-refractivity contribution in [3.8, 4) is 5.75 Å². The predicted octanol–water partition coefficient (Wildman–Crippen LogP) is 1.38. The number of aliphatic imine (C=N–C) groups is 1. The third kappa shape index (κ3) is 4.42. The van der Waals surface area contributed by atoms with E-state index in [4.69, 9.17) is 9.47 Å². The first-order valence-electron chi connectivity index (χ1n) is 8.40. The standard InChI is InChI=1S/C16H18F3N3O6S/c1-21(2)15-20-9-10(23)11(24)12(28-14(9)29-15)13(16(17,18)19)27-8-5-3-7(4-6-8)22(25)26/h3-6,9-14,23-24H,1-2H3/t9-,10-,11+,12?,13+,14-/m1/s1. The van der Waals surface area contributed by atoms with Gasteiger partial charge in [-0.15, -0.1) is 0 Å². The Morgan fingerprint density at radius 3 is 2.41 bits per heavy atom. The number of halogens is 3. The van der Waals surface area contributed by atoms with Crippen LogP contribution in [0.25, 0.3) is 0 Å². The Morgan fingerprint density at radius 1 is 1.28 bits per heavy atom.